The molecule has 0 radical (unpaired) electrons. The highest BCUT2D eigenvalue weighted by atomic mass is 16.5. The molecule has 0 saturated heterocycles. The van der Waals surface area contributed by atoms with Crippen LogP contribution in [0.2, 0.25) is 0 Å². The Morgan fingerprint density at radius 2 is 1.91 bits per heavy atom. The van der Waals surface area contributed by atoms with Gasteiger partial charge in [-0.3, -0.25) is 4.79 Å². The number of hydrogen-bond donors (Lipinski definition) is 1. The van der Waals surface area contributed by atoms with Crippen LogP contribution in [-0.2, 0) is 6.42 Å². The standard InChI is InChI=1S/C19H23NO3/c1-4-23-18-13-16(9-10-17(18)22-3)19(21)20-12-11-15-8-6-5-7-14(15)2/h5-10,13H,4,11-12H2,1-3H3,(H,20,21). The number of carbonyl (C=O) groups excluding carboxylic acids is 1. The molecule has 2 rings (SSSR count). The van der Waals surface area contributed by atoms with Gasteiger partial charge >= 0.3 is 0 Å². The lowest BCUT2D eigenvalue weighted by atomic mass is 10.1. The Bertz CT molecular complexity index is 667. The molecule has 4 nitrogen and oxygen atoms in total. The van der Waals surface area contributed by atoms with Crippen LogP contribution < -0.4 is 14.8 Å². The van der Waals surface area contributed by atoms with Crippen molar-refractivity contribution in [1.29, 1.82) is 0 Å². The summed E-state index contributed by atoms with van der Waals surface area (Å²) in [6, 6.07) is 13.4. The van der Waals surface area contributed by atoms with Crippen LogP contribution in [0.5, 0.6) is 11.5 Å². The summed E-state index contributed by atoms with van der Waals surface area (Å²) in [6.45, 7) is 5.10. The first kappa shape index (κ1) is 16.9. The molecule has 23 heavy (non-hydrogen) atoms. The second kappa shape index (κ2) is 8.22. The fraction of sp³-hybridized carbons (Fsp3) is 0.316. The van der Waals surface area contributed by atoms with Crippen molar-refractivity contribution in [2.24, 2.45) is 0 Å². The van der Waals surface area contributed by atoms with E-state index in [4.69, 9.17) is 9.47 Å². The van der Waals surface area contributed by atoms with E-state index < -0.39 is 0 Å². The molecule has 2 aromatic rings. The minimum absolute atomic E-state index is 0.109. The summed E-state index contributed by atoms with van der Waals surface area (Å²) in [5.41, 5.74) is 3.06. The summed E-state index contributed by atoms with van der Waals surface area (Å²) >= 11 is 0. The van der Waals surface area contributed by atoms with Crippen LogP contribution >= 0.6 is 0 Å². The zero-order valence-electron chi connectivity index (χ0n) is 13.9. The van der Waals surface area contributed by atoms with Gasteiger partial charge in [-0.05, 0) is 49.6 Å². The number of methoxy groups -OCH3 is 1. The largest absolute Gasteiger partial charge is 0.493 e. The molecular formula is C19H23NO3. The normalized spacial score (nSPS) is 10.2. The Kier molecular flexibility index (Phi) is 6.03. The van der Waals surface area contributed by atoms with Crippen LogP contribution in [0.25, 0.3) is 0 Å². The summed E-state index contributed by atoms with van der Waals surface area (Å²) in [5, 5.41) is 2.95. The lowest BCUT2D eigenvalue weighted by Crippen LogP contribution is -2.25. The molecule has 0 aliphatic rings. The van der Waals surface area contributed by atoms with E-state index in [0.717, 1.165) is 6.42 Å². The van der Waals surface area contributed by atoms with Crippen LogP contribution in [0, 0.1) is 6.92 Å². The smallest absolute Gasteiger partial charge is 0.251 e. The van der Waals surface area contributed by atoms with Gasteiger partial charge in [0.2, 0.25) is 0 Å². The second-order valence-electron chi connectivity index (χ2n) is 5.23. The van der Waals surface area contributed by atoms with E-state index in [9.17, 15) is 4.79 Å². The lowest BCUT2D eigenvalue weighted by molar-refractivity contribution is 0.0953. The van der Waals surface area contributed by atoms with Crippen LogP contribution in [-0.4, -0.2) is 26.2 Å². The van der Waals surface area contributed by atoms with Gasteiger partial charge in [-0.15, -0.1) is 0 Å². The number of aryl methyl sites for hydroxylation is 1. The molecule has 4 heteroatoms. The van der Waals surface area contributed by atoms with Crippen molar-refractivity contribution in [1.82, 2.24) is 5.32 Å². The Morgan fingerprint density at radius 3 is 2.61 bits per heavy atom. The average Bonchev–Trinajstić information content (AvgIpc) is 2.56. The van der Waals surface area contributed by atoms with Gasteiger partial charge in [-0.25, -0.2) is 0 Å². The van der Waals surface area contributed by atoms with Crippen LogP contribution in [0.1, 0.15) is 28.4 Å². The molecule has 0 heterocycles. The van der Waals surface area contributed by atoms with E-state index in [0.29, 0.717) is 30.2 Å². The maximum absolute atomic E-state index is 12.3. The third-order valence-electron chi connectivity index (χ3n) is 3.67. The molecule has 0 saturated carbocycles. The molecule has 122 valence electrons. The van der Waals surface area contributed by atoms with Crippen molar-refractivity contribution in [3.05, 3.63) is 59.2 Å². The zero-order valence-corrected chi connectivity index (χ0v) is 13.9. The number of nitrogens with one attached hydrogen (secondary N) is 1. The lowest BCUT2D eigenvalue weighted by Gasteiger charge is -2.11. The molecule has 0 aliphatic heterocycles. The monoisotopic (exact) mass is 313 g/mol. The van der Waals surface area contributed by atoms with Crippen LogP contribution in [0.3, 0.4) is 0 Å². The maximum Gasteiger partial charge on any atom is 0.251 e. The minimum Gasteiger partial charge on any atom is -0.493 e. The summed E-state index contributed by atoms with van der Waals surface area (Å²) in [4.78, 5) is 12.3. The van der Waals surface area contributed by atoms with Crippen molar-refractivity contribution < 1.29 is 14.3 Å². The third kappa shape index (κ3) is 4.49. The van der Waals surface area contributed by atoms with Crippen LogP contribution in [0.15, 0.2) is 42.5 Å². The topological polar surface area (TPSA) is 47.6 Å². The first-order valence-electron chi connectivity index (χ1n) is 7.79. The highest BCUT2D eigenvalue weighted by Gasteiger charge is 2.11. The first-order valence-corrected chi connectivity index (χ1v) is 7.79. The Labute approximate surface area is 137 Å². The molecular weight excluding hydrogens is 290 g/mol. The van der Waals surface area contributed by atoms with Gasteiger partial charge in [0.15, 0.2) is 11.5 Å². The number of amides is 1. The molecule has 2 aromatic carbocycles. The summed E-state index contributed by atoms with van der Waals surface area (Å²) < 4.78 is 10.7. The van der Waals surface area contributed by atoms with Crippen LogP contribution in [0.4, 0.5) is 0 Å². The van der Waals surface area contributed by atoms with Gasteiger partial charge in [-0.1, -0.05) is 24.3 Å². The van der Waals surface area contributed by atoms with Gasteiger partial charge in [-0.2, -0.15) is 0 Å². The molecule has 0 spiro atoms. The fourth-order valence-electron chi connectivity index (χ4n) is 2.39. The van der Waals surface area contributed by atoms with E-state index in [1.54, 1.807) is 25.3 Å². The van der Waals surface area contributed by atoms with Gasteiger partial charge in [0.05, 0.1) is 13.7 Å². The highest BCUT2D eigenvalue weighted by Crippen LogP contribution is 2.27. The highest BCUT2D eigenvalue weighted by molar-refractivity contribution is 5.94. The Hall–Kier alpha value is -2.49. The van der Waals surface area contributed by atoms with E-state index in [1.165, 1.54) is 11.1 Å². The van der Waals surface area contributed by atoms with Gasteiger partial charge < -0.3 is 14.8 Å². The summed E-state index contributed by atoms with van der Waals surface area (Å²) in [7, 11) is 1.58. The number of hydrogen-bond acceptors (Lipinski definition) is 3. The SMILES string of the molecule is CCOc1cc(C(=O)NCCc2ccccc2C)ccc1OC. The van der Waals surface area contributed by atoms with Crippen molar-refractivity contribution in [2.75, 3.05) is 20.3 Å². The molecule has 1 amide bonds. The van der Waals surface area contributed by atoms with Crippen molar-refractivity contribution in [3.63, 3.8) is 0 Å². The van der Waals surface area contributed by atoms with Gasteiger partial charge in [0.25, 0.3) is 5.91 Å². The van der Waals surface area contributed by atoms with Gasteiger partial charge in [0.1, 0.15) is 0 Å². The zero-order chi connectivity index (χ0) is 16.7. The molecule has 0 aliphatic carbocycles. The quantitative estimate of drug-likeness (QED) is 0.852. The van der Waals surface area contributed by atoms with Gasteiger partial charge in [0, 0.05) is 12.1 Å². The Balaban J connectivity index is 1.98. The predicted molar refractivity (Wildman–Crippen MR) is 91.4 cm³/mol. The second-order valence-corrected chi connectivity index (χ2v) is 5.23. The van der Waals surface area contributed by atoms with E-state index >= 15 is 0 Å². The van der Waals surface area contributed by atoms with E-state index in [1.807, 2.05) is 19.1 Å². The van der Waals surface area contributed by atoms with E-state index in [-0.39, 0.29) is 5.91 Å². The fourth-order valence-corrected chi connectivity index (χ4v) is 2.39. The number of carbonyl (C=O) groups is 1. The predicted octanol–water partition coefficient (Wildman–Crippen LogP) is 3.37. The molecule has 0 fully saturated rings. The Morgan fingerprint density at radius 1 is 1.13 bits per heavy atom. The first-order chi connectivity index (χ1) is 11.2. The molecule has 0 aromatic heterocycles. The van der Waals surface area contributed by atoms with E-state index in [2.05, 4.69) is 24.4 Å². The van der Waals surface area contributed by atoms with Crippen molar-refractivity contribution in [2.45, 2.75) is 20.3 Å². The summed E-state index contributed by atoms with van der Waals surface area (Å²) in [6.07, 6.45) is 0.812. The minimum atomic E-state index is -0.109. The third-order valence-corrected chi connectivity index (χ3v) is 3.67. The summed E-state index contributed by atoms with van der Waals surface area (Å²) in [5.74, 6) is 1.10. The van der Waals surface area contributed by atoms with Crippen molar-refractivity contribution >= 4 is 5.91 Å². The molecule has 1 N–H and O–H groups in total. The molecule has 0 atom stereocenters. The number of benzene rings is 2. The molecule has 0 unspecified atom stereocenters. The maximum atomic E-state index is 12.3. The average molecular weight is 313 g/mol. The number of rotatable bonds is 7. The van der Waals surface area contributed by atoms with Crippen molar-refractivity contribution in [3.8, 4) is 11.5 Å². The number of ether oxygens (including phenoxy) is 2. The molecule has 0 bridgehead atoms.